The molecule has 68 valence electrons. The molecule has 0 saturated heterocycles. The molecular formula is C9H10IN3. The Balaban J connectivity index is 2.79. The maximum Gasteiger partial charge on any atom is 0.0504 e. The van der Waals surface area contributed by atoms with E-state index in [1.54, 1.807) is 0 Å². The van der Waals surface area contributed by atoms with Crippen LogP contribution in [0.2, 0.25) is 0 Å². The molecule has 0 N–H and O–H groups in total. The molecular weight excluding hydrogens is 277 g/mol. The lowest BCUT2D eigenvalue weighted by Gasteiger charge is -2.12. The first kappa shape index (κ1) is 10.3. The first-order valence-corrected chi connectivity index (χ1v) is 5.23. The Hall–Kier alpha value is -0.740. The SMILES string of the molecule is CC(N=[N+]=[N-])C(I)c1ccccc1. The van der Waals surface area contributed by atoms with Crippen molar-refractivity contribution in [1.29, 1.82) is 0 Å². The van der Waals surface area contributed by atoms with E-state index in [1.807, 2.05) is 37.3 Å². The molecule has 3 nitrogen and oxygen atoms in total. The highest BCUT2D eigenvalue weighted by molar-refractivity contribution is 14.1. The molecule has 0 aliphatic carbocycles. The summed E-state index contributed by atoms with van der Waals surface area (Å²) in [5.74, 6) is 0. The van der Waals surface area contributed by atoms with Gasteiger partial charge >= 0.3 is 0 Å². The lowest BCUT2D eigenvalue weighted by molar-refractivity contribution is 0.735. The molecule has 0 aliphatic rings. The topological polar surface area (TPSA) is 48.8 Å². The standard InChI is InChI=1S/C9H10IN3/c1-7(12-13-11)9(10)8-5-3-2-4-6-8/h2-7,9H,1H3. The zero-order valence-electron chi connectivity index (χ0n) is 7.26. The molecule has 2 unspecified atom stereocenters. The van der Waals surface area contributed by atoms with Gasteiger partial charge in [-0.15, -0.1) is 0 Å². The van der Waals surface area contributed by atoms with Crippen molar-refractivity contribution < 1.29 is 0 Å². The largest absolute Gasteiger partial charge is 0.0895 e. The summed E-state index contributed by atoms with van der Waals surface area (Å²) >= 11 is 2.29. The van der Waals surface area contributed by atoms with Crippen LogP contribution in [0.25, 0.3) is 10.4 Å². The van der Waals surface area contributed by atoms with Crippen molar-refractivity contribution in [2.24, 2.45) is 5.11 Å². The number of azide groups is 1. The van der Waals surface area contributed by atoms with Gasteiger partial charge in [0.25, 0.3) is 0 Å². The van der Waals surface area contributed by atoms with Crippen LogP contribution in [0, 0.1) is 0 Å². The highest BCUT2D eigenvalue weighted by Crippen LogP contribution is 2.28. The second kappa shape index (κ2) is 5.09. The van der Waals surface area contributed by atoms with Crippen molar-refractivity contribution in [3.63, 3.8) is 0 Å². The second-order valence-electron chi connectivity index (χ2n) is 2.76. The van der Waals surface area contributed by atoms with Crippen LogP contribution in [0.4, 0.5) is 0 Å². The summed E-state index contributed by atoms with van der Waals surface area (Å²) in [4.78, 5) is 2.80. The first-order chi connectivity index (χ1) is 6.25. The molecule has 4 heteroatoms. The highest BCUT2D eigenvalue weighted by atomic mass is 127. The number of rotatable bonds is 3. The van der Waals surface area contributed by atoms with Crippen LogP contribution in [-0.2, 0) is 0 Å². The van der Waals surface area contributed by atoms with E-state index < -0.39 is 0 Å². The third-order valence-electron chi connectivity index (χ3n) is 1.78. The fraction of sp³-hybridized carbons (Fsp3) is 0.333. The van der Waals surface area contributed by atoms with Crippen LogP contribution in [-0.4, -0.2) is 6.04 Å². The van der Waals surface area contributed by atoms with Crippen molar-refractivity contribution in [1.82, 2.24) is 0 Å². The smallest absolute Gasteiger partial charge is 0.0504 e. The van der Waals surface area contributed by atoms with Crippen LogP contribution in [0.15, 0.2) is 35.4 Å². The summed E-state index contributed by atoms with van der Waals surface area (Å²) in [6, 6.07) is 10.0. The van der Waals surface area contributed by atoms with Crippen molar-refractivity contribution in [2.75, 3.05) is 0 Å². The monoisotopic (exact) mass is 287 g/mol. The van der Waals surface area contributed by atoms with Gasteiger partial charge in [-0.3, -0.25) is 0 Å². The zero-order valence-corrected chi connectivity index (χ0v) is 9.42. The molecule has 1 rings (SSSR count). The minimum absolute atomic E-state index is 0.00648. The fourth-order valence-corrected chi connectivity index (χ4v) is 1.61. The number of alkyl halides is 1. The van der Waals surface area contributed by atoms with E-state index in [-0.39, 0.29) is 9.97 Å². The molecule has 0 heterocycles. The minimum atomic E-state index is -0.00648. The first-order valence-electron chi connectivity index (χ1n) is 3.99. The zero-order chi connectivity index (χ0) is 9.68. The van der Waals surface area contributed by atoms with Gasteiger partial charge in [-0.2, -0.15) is 0 Å². The average molecular weight is 287 g/mol. The predicted octanol–water partition coefficient (Wildman–Crippen LogP) is 3.86. The van der Waals surface area contributed by atoms with Gasteiger partial charge in [-0.05, 0) is 11.1 Å². The van der Waals surface area contributed by atoms with Gasteiger partial charge in [0.05, 0.1) is 6.04 Å². The molecule has 0 amide bonds. The molecule has 0 radical (unpaired) electrons. The van der Waals surface area contributed by atoms with Crippen molar-refractivity contribution in [3.05, 3.63) is 46.3 Å². The van der Waals surface area contributed by atoms with E-state index in [9.17, 15) is 0 Å². The molecule has 0 aliphatic heterocycles. The fourth-order valence-electron chi connectivity index (χ4n) is 1.06. The van der Waals surface area contributed by atoms with Crippen LogP contribution in [0.1, 0.15) is 16.4 Å². The number of hydrogen-bond acceptors (Lipinski definition) is 1. The Bertz CT molecular complexity index is 306. The Labute approximate surface area is 90.9 Å². The normalized spacial score (nSPS) is 14.3. The van der Waals surface area contributed by atoms with Gasteiger partial charge in [0, 0.05) is 8.84 Å². The van der Waals surface area contributed by atoms with E-state index in [4.69, 9.17) is 5.53 Å². The number of nitrogens with zero attached hydrogens (tertiary/aromatic N) is 3. The molecule has 0 saturated carbocycles. The Morgan fingerprint density at radius 3 is 2.54 bits per heavy atom. The highest BCUT2D eigenvalue weighted by Gasteiger charge is 2.13. The molecule has 13 heavy (non-hydrogen) atoms. The molecule has 1 aromatic carbocycles. The number of halogens is 1. The third-order valence-corrected chi connectivity index (χ3v) is 3.54. The van der Waals surface area contributed by atoms with E-state index in [0.717, 1.165) is 0 Å². The van der Waals surface area contributed by atoms with Gasteiger partial charge in [0.2, 0.25) is 0 Å². The molecule has 2 atom stereocenters. The van der Waals surface area contributed by atoms with Crippen LogP contribution < -0.4 is 0 Å². The average Bonchev–Trinajstić information content (AvgIpc) is 2.18. The summed E-state index contributed by atoms with van der Waals surface area (Å²) in [6.45, 7) is 1.92. The van der Waals surface area contributed by atoms with Gasteiger partial charge < -0.3 is 0 Å². The van der Waals surface area contributed by atoms with Crippen molar-refractivity contribution in [2.45, 2.75) is 16.9 Å². The number of benzene rings is 1. The Morgan fingerprint density at radius 2 is 2.00 bits per heavy atom. The quantitative estimate of drug-likeness (QED) is 0.266. The van der Waals surface area contributed by atoms with E-state index in [2.05, 4.69) is 32.6 Å². The molecule has 0 fully saturated rings. The maximum absolute atomic E-state index is 8.29. The van der Waals surface area contributed by atoms with Crippen LogP contribution >= 0.6 is 22.6 Å². The third kappa shape index (κ3) is 2.90. The summed E-state index contributed by atoms with van der Waals surface area (Å²) in [7, 11) is 0. The van der Waals surface area contributed by atoms with E-state index in [0.29, 0.717) is 0 Å². The summed E-state index contributed by atoms with van der Waals surface area (Å²) < 4.78 is 0.245. The molecule has 0 bridgehead atoms. The Morgan fingerprint density at radius 1 is 1.38 bits per heavy atom. The minimum Gasteiger partial charge on any atom is -0.0895 e. The summed E-state index contributed by atoms with van der Waals surface area (Å²) in [6.07, 6.45) is 0. The molecule has 0 aromatic heterocycles. The van der Waals surface area contributed by atoms with Crippen molar-refractivity contribution in [3.8, 4) is 0 Å². The second-order valence-corrected chi connectivity index (χ2v) is 4.10. The lowest BCUT2D eigenvalue weighted by atomic mass is 10.1. The number of hydrogen-bond donors (Lipinski definition) is 0. The molecule has 0 spiro atoms. The Kier molecular flexibility index (Phi) is 4.05. The van der Waals surface area contributed by atoms with Gasteiger partial charge in [0.15, 0.2) is 0 Å². The van der Waals surface area contributed by atoms with E-state index in [1.165, 1.54) is 5.56 Å². The van der Waals surface area contributed by atoms with E-state index >= 15 is 0 Å². The van der Waals surface area contributed by atoms with Crippen LogP contribution in [0.5, 0.6) is 0 Å². The summed E-state index contributed by atoms with van der Waals surface area (Å²) in [5.41, 5.74) is 9.48. The van der Waals surface area contributed by atoms with Gasteiger partial charge in [0.1, 0.15) is 0 Å². The van der Waals surface area contributed by atoms with Gasteiger partial charge in [-0.1, -0.05) is 65.0 Å². The predicted molar refractivity (Wildman–Crippen MR) is 61.8 cm³/mol. The molecule has 1 aromatic rings. The lowest BCUT2D eigenvalue weighted by Crippen LogP contribution is -2.05. The van der Waals surface area contributed by atoms with Gasteiger partial charge in [-0.25, -0.2) is 0 Å². The van der Waals surface area contributed by atoms with Crippen molar-refractivity contribution >= 4 is 22.6 Å². The summed E-state index contributed by atoms with van der Waals surface area (Å²) in [5, 5.41) is 3.67. The maximum atomic E-state index is 8.29. The van der Waals surface area contributed by atoms with Crippen LogP contribution in [0.3, 0.4) is 0 Å².